The van der Waals surface area contributed by atoms with E-state index < -0.39 is 0 Å². The summed E-state index contributed by atoms with van der Waals surface area (Å²) in [5.41, 5.74) is 1.77. The summed E-state index contributed by atoms with van der Waals surface area (Å²) in [6.07, 6.45) is 2.36. The van der Waals surface area contributed by atoms with Gasteiger partial charge in [0.25, 0.3) is 0 Å². The van der Waals surface area contributed by atoms with Gasteiger partial charge in [0.2, 0.25) is 0 Å². The van der Waals surface area contributed by atoms with E-state index in [1.54, 1.807) is 6.07 Å². The van der Waals surface area contributed by atoms with Crippen molar-refractivity contribution >= 4 is 5.69 Å². The zero-order chi connectivity index (χ0) is 11.7. The van der Waals surface area contributed by atoms with Gasteiger partial charge in [-0.1, -0.05) is 19.9 Å². The Balaban J connectivity index is 2.29. The van der Waals surface area contributed by atoms with Crippen molar-refractivity contribution in [3.8, 4) is 0 Å². The maximum Gasteiger partial charge on any atom is 0.146 e. The minimum absolute atomic E-state index is 0.0763. The quantitative estimate of drug-likeness (QED) is 0.735. The maximum atomic E-state index is 13.9. The van der Waals surface area contributed by atoms with Gasteiger partial charge < -0.3 is 4.90 Å². The third kappa shape index (κ3) is 2.06. The van der Waals surface area contributed by atoms with E-state index in [1.165, 1.54) is 12.8 Å². The number of nitrogens with zero attached hydrogens (tertiary/aromatic N) is 1. The average Bonchev–Trinajstić information content (AvgIpc) is 2.66. The van der Waals surface area contributed by atoms with E-state index in [9.17, 15) is 4.39 Å². The molecule has 2 rings (SSSR count). The molecule has 1 unspecified atom stereocenters. The van der Waals surface area contributed by atoms with Crippen LogP contribution >= 0.6 is 0 Å². The van der Waals surface area contributed by atoms with E-state index in [0.717, 1.165) is 17.8 Å². The molecule has 1 heterocycles. The van der Waals surface area contributed by atoms with Crippen molar-refractivity contribution < 1.29 is 4.39 Å². The number of hydrogen-bond donors (Lipinski definition) is 0. The Morgan fingerprint density at radius 3 is 2.75 bits per heavy atom. The molecule has 88 valence electrons. The van der Waals surface area contributed by atoms with Crippen molar-refractivity contribution in [2.75, 3.05) is 11.4 Å². The fourth-order valence-corrected chi connectivity index (χ4v) is 2.63. The van der Waals surface area contributed by atoms with Crippen molar-refractivity contribution in [3.05, 3.63) is 29.6 Å². The highest BCUT2D eigenvalue weighted by atomic mass is 19.1. The van der Waals surface area contributed by atoms with Gasteiger partial charge in [-0.25, -0.2) is 4.39 Å². The number of hydrogen-bond acceptors (Lipinski definition) is 1. The van der Waals surface area contributed by atoms with E-state index in [0.29, 0.717) is 12.0 Å². The fraction of sp³-hybridized carbons (Fsp3) is 0.571. The van der Waals surface area contributed by atoms with Gasteiger partial charge >= 0.3 is 0 Å². The van der Waals surface area contributed by atoms with Crippen molar-refractivity contribution in [2.45, 2.75) is 39.7 Å². The van der Waals surface area contributed by atoms with Gasteiger partial charge in [0.15, 0.2) is 0 Å². The van der Waals surface area contributed by atoms with Crippen molar-refractivity contribution in [1.82, 2.24) is 0 Å². The van der Waals surface area contributed by atoms with Crippen LogP contribution in [0.2, 0.25) is 0 Å². The summed E-state index contributed by atoms with van der Waals surface area (Å²) in [7, 11) is 0. The minimum Gasteiger partial charge on any atom is -0.366 e. The largest absolute Gasteiger partial charge is 0.366 e. The zero-order valence-corrected chi connectivity index (χ0v) is 10.3. The van der Waals surface area contributed by atoms with Crippen LogP contribution < -0.4 is 4.90 Å². The van der Waals surface area contributed by atoms with Crippen LogP contribution in [0.3, 0.4) is 0 Å². The van der Waals surface area contributed by atoms with Crippen LogP contribution in [0.25, 0.3) is 0 Å². The van der Waals surface area contributed by atoms with Gasteiger partial charge in [-0.3, -0.25) is 0 Å². The summed E-state index contributed by atoms with van der Waals surface area (Å²) in [6.45, 7) is 7.35. The molecule has 0 bridgehead atoms. The first-order valence-electron chi connectivity index (χ1n) is 6.12. The Bertz CT molecular complexity index is 373. The predicted octanol–water partition coefficient (Wildman–Crippen LogP) is 3.76. The summed E-state index contributed by atoms with van der Waals surface area (Å²) >= 11 is 0. The topological polar surface area (TPSA) is 3.24 Å². The molecule has 0 saturated carbocycles. The summed E-state index contributed by atoms with van der Waals surface area (Å²) < 4.78 is 13.9. The Labute approximate surface area is 97.3 Å². The molecule has 1 nitrogen and oxygen atoms in total. The first kappa shape index (κ1) is 11.4. The molecule has 1 atom stereocenters. The van der Waals surface area contributed by atoms with Crippen LogP contribution in [-0.4, -0.2) is 12.6 Å². The van der Waals surface area contributed by atoms with Gasteiger partial charge in [-0.2, -0.15) is 0 Å². The monoisotopic (exact) mass is 221 g/mol. The number of aryl methyl sites for hydroxylation is 1. The maximum absolute atomic E-state index is 13.9. The number of benzene rings is 1. The Kier molecular flexibility index (Phi) is 3.17. The molecule has 1 fully saturated rings. The highest BCUT2D eigenvalue weighted by molar-refractivity contribution is 5.51. The van der Waals surface area contributed by atoms with Crippen molar-refractivity contribution in [1.29, 1.82) is 0 Å². The third-order valence-corrected chi connectivity index (χ3v) is 3.48. The smallest absolute Gasteiger partial charge is 0.146 e. The molecule has 0 spiro atoms. The van der Waals surface area contributed by atoms with Gasteiger partial charge in [0.1, 0.15) is 5.82 Å². The molecule has 1 aromatic carbocycles. The lowest BCUT2D eigenvalue weighted by atomic mass is 10.0. The van der Waals surface area contributed by atoms with Crippen LogP contribution in [0.15, 0.2) is 18.2 Å². The van der Waals surface area contributed by atoms with E-state index in [-0.39, 0.29) is 5.82 Å². The molecule has 1 saturated heterocycles. The molecule has 2 heteroatoms. The van der Waals surface area contributed by atoms with Gasteiger partial charge in [-0.15, -0.1) is 0 Å². The van der Waals surface area contributed by atoms with E-state index in [1.807, 2.05) is 19.1 Å². The molecule has 1 aromatic rings. The first-order chi connectivity index (χ1) is 7.59. The van der Waals surface area contributed by atoms with Gasteiger partial charge in [0.05, 0.1) is 5.69 Å². The fourth-order valence-electron chi connectivity index (χ4n) is 2.63. The van der Waals surface area contributed by atoms with Crippen LogP contribution in [-0.2, 0) is 0 Å². The summed E-state index contributed by atoms with van der Waals surface area (Å²) in [4.78, 5) is 2.24. The number of rotatable bonds is 2. The lowest BCUT2D eigenvalue weighted by Crippen LogP contribution is -2.33. The first-order valence-corrected chi connectivity index (χ1v) is 6.12. The van der Waals surface area contributed by atoms with Crippen LogP contribution in [0, 0.1) is 18.7 Å². The standard InChI is InChI=1S/C14H20FN/c1-10(2)13-5-4-8-16(13)14-7-6-11(3)9-12(14)15/h6-7,9-10,13H,4-5,8H2,1-3H3. The highest BCUT2D eigenvalue weighted by Crippen LogP contribution is 2.31. The SMILES string of the molecule is Cc1ccc(N2CCCC2C(C)C)c(F)c1. The number of halogens is 1. The van der Waals surface area contributed by atoms with E-state index in [4.69, 9.17) is 0 Å². The normalized spacial score (nSPS) is 20.8. The van der Waals surface area contributed by atoms with Crippen LogP contribution in [0.1, 0.15) is 32.3 Å². The Hall–Kier alpha value is -1.05. The highest BCUT2D eigenvalue weighted by Gasteiger charge is 2.28. The second kappa shape index (κ2) is 4.44. The molecule has 1 aliphatic rings. The molecular formula is C14H20FN. The van der Waals surface area contributed by atoms with E-state index >= 15 is 0 Å². The summed E-state index contributed by atoms with van der Waals surface area (Å²) in [5.74, 6) is 0.510. The Morgan fingerprint density at radius 2 is 2.12 bits per heavy atom. The molecule has 1 aliphatic heterocycles. The van der Waals surface area contributed by atoms with Crippen molar-refractivity contribution in [3.63, 3.8) is 0 Å². The predicted molar refractivity (Wildman–Crippen MR) is 66.3 cm³/mol. The third-order valence-electron chi connectivity index (χ3n) is 3.48. The second-order valence-corrected chi connectivity index (χ2v) is 5.10. The van der Waals surface area contributed by atoms with Gasteiger partial charge in [0, 0.05) is 12.6 Å². The molecule has 0 amide bonds. The molecule has 0 N–H and O–H groups in total. The lowest BCUT2D eigenvalue weighted by Gasteiger charge is -2.30. The van der Waals surface area contributed by atoms with E-state index in [2.05, 4.69) is 18.7 Å². The second-order valence-electron chi connectivity index (χ2n) is 5.10. The molecule has 0 aromatic heterocycles. The molecule has 0 radical (unpaired) electrons. The molecule has 16 heavy (non-hydrogen) atoms. The number of anilines is 1. The summed E-state index contributed by atoms with van der Waals surface area (Å²) in [5, 5.41) is 0. The zero-order valence-electron chi connectivity index (χ0n) is 10.3. The minimum atomic E-state index is -0.0763. The molecule has 0 aliphatic carbocycles. The van der Waals surface area contributed by atoms with Crippen LogP contribution in [0.5, 0.6) is 0 Å². The van der Waals surface area contributed by atoms with Crippen molar-refractivity contribution in [2.24, 2.45) is 5.92 Å². The molecular weight excluding hydrogens is 201 g/mol. The van der Waals surface area contributed by atoms with Gasteiger partial charge in [-0.05, 0) is 43.4 Å². The summed E-state index contributed by atoms with van der Waals surface area (Å²) in [6, 6.07) is 6.04. The Morgan fingerprint density at radius 1 is 1.38 bits per heavy atom. The lowest BCUT2D eigenvalue weighted by molar-refractivity contribution is 0.486. The van der Waals surface area contributed by atoms with Crippen LogP contribution in [0.4, 0.5) is 10.1 Å². The average molecular weight is 221 g/mol.